The molecule has 0 spiro atoms. The van der Waals surface area contributed by atoms with Crippen molar-refractivity contribution >= 4 is 21.4 Å². The lowest BCUT2D eigenvalue weighted by Gasteiger charge is -2.23. The van der Waals surface area contributed by atoms with Crippen LogP contribution in [0, 0.1) is 17.7 Å². The molecule has 1 heterocycles. The molecular weight excluding hydrogens is 313 g/mol. The first kappa shape index (κ1) is 16.7. The van der Waals surface area contributed by atoms with Gasteiger partial charge in [-0.1, -0.05) is 24.6 Å². The largest absolute Gasteiger partial charge is 0.317 e. The third-order valence-corrected chi connectivity index (χ3v) is 6.17. The highest BCUT2D eigenvalue weighted by atomic mass is 35.5. The van der Waals surface area contributed by atoms with E-state index in [-0.39, 0.29) is 28.4 Å². The van der Waals surface area contributed by atoms with Gasteiger partial charge in [0.25, 0.3) is 0 Å². The van der Waals surface area contributed by atoms with Crippen LogP contribution in [0.3, 0.4) is 0 Å². The third kappa shape index (κ3) is 4.66. The molecule has 0 saturated carbocycles. The van der Waals surface area contributed by atoms with E-state index in [1.165, 1.54) is 6.07 Å². The smallest absolute Gasteiger partial charge is 0.150 e. The molecule has 2 rings (SSSR count). The van der Waals surface area contributed by atoms with Crippen LogP contribution in [0.2, 0.25) is 5.02 Å². The fourth-order valence-electron chi connectivity index (χ4n) is 2.90. The number of halogens is 2. The van der Waals surface area contributed by atoms with Gasteiger partial charge in [-0.2, -0.15) is 0 Å². The summed E-state index contributed by atoms with van der Waals surface area (Å²) in [5, 5.41) is 3.40. The minimum Gasteiger partial charge on any atom is -0.317 e. The number of hydrogen-bond acceptors (Lipinski definition) is 3. The van der Waals surface area contributed by atoms with Crippen LogP contribution in [0.4, 0.5) is 4.39 Å². The van der Waals surface area contributed by atoms with E-state index < -0.39 is 15.7 Å². The maximum Gasteiger partial charge on any atom is 0.150 e. The van der Waals surface area contributed by atoms with E-state index in [0.717, 1.165) is 18.7 Å². The summed E-state index contributed by atoms with van der Waals surface area (Å²) in [4.78, 5) is 0. The second-order valence-corrected chi connectivity index (χ2v) is 8.32. The Morgan fingerprint density at radius 3 is 2.81 bits per heavy atom. The predicted octanol–water partition coefficient (Wildman–Crippen LogP) is 2.68. The Labute approximate surface area is 130 Å². The molecule has 21 heavy (non-hydrogen) atoms. The molecule has 0 bridgehead atoms. The molecule has 1 fully saturated rings. The lowest BCUT2D eigenvalue weighted by Crippen LogP contribution is -2.30. The van der Waals surface area contributed by atoms with Gasteiger partial charge in [-0.05, 0) is 55.5 Å². The van der Waals surface area contributed by atoms with E-state index in [2.05, 4.69) is 5.32 Å². The average Bonchev–Trinajstić information content (AvgIpc) is 2.79. The second kappa shape index (κ2) is 7.07. The number of rotatable bonds is 6. The molecule has 6 heteroatoms. The first-order valence-electron chi connectivity index (χ1n) is 7.26. The Morgan fingerprint density at radius 1 is 1.48 bits per heavy atom. The van der Waals surface area contributed by atoms with Crippen molar-refractivity contribution in [1.29, 1.82) is 0 Å². The van der Waals surface area contributed by atoms with Gasteiger partial charge in [0.1, 0.15) is 5.82 Å². The zero-order valence-corrected chi connectivity index (χ0v) is 13.7. The van der Waals surface area contributed by atoms with Gasteiger partial charge < -0.3 is 5.32 Å². The maximum absolute atomic E-state index is 13.5. The van der Waals surface area contributed by atoms with Gasteiger partial charge in [-0.3, -0.25) is 0 Å². The van der Waals surface area contributed by atoms with Crippen LogP contribution in [0.1, 0.15) is 18.9 Å². The molecule has 1 aromatic rings. The molecule has 1 aliphatic heterocycles. The topological polar surface area (TPSA) is 46.2 Å². The lowest BCUT2D eigenvalue weighted by molar-refractivity contribution is 0.345. The Hall–Kier alpha value is -0.650. The Kier molecular flexibility index (Phi) is 5.63. The quantitative estimate of drug-likeness (QED) is 0.870. The lowest BCUT2D eigenvalue weighted by atomic mass is 9.86. The summed E-state index contributed by atoms with van der Waals surface area (Å²) in [6.45, 7) is 3.61. The molecule has 0 amide bonds. The molecule has 1 aromatic carbocycles. The SMILES string of the molecule is CCNCC(Cc1ccc(Cl)c(F)c1)C1CCS(=O)(=O)C1. The molecule has 118 valence electrons. The van der Waals surface area contributed by atoms with E-state index in [0.29, 0.717) is 12.8 Å². The Bertz CT molecular complexity index is 591. The fourth-order valence-corrected chi connectivity index (χ4v) is 4.94. The monoisotopic (exact) mass is 333 g/mol. The minimum absolute atomic E-state index is 0.116. The summed E-state index contributed by atoms with van der Waals surface area (Å²) in [6, 6.07) is 4.82. The standard InChI is InChI=1S/C15H21ClFNO2S/c1-2-18-9-13(12-5-6-21(19,20)10-12)7-11-3-4-14(16)15(17)8-11/h3-4,8,12-13,18H,2,5-7,9-10H2,1H3. The number of nitrogens with one attached hydrogen (secondary N) is 1. The minimum atomic E-state index is -2.90. The van der Waals surface area contributed by atoms with Crippen molar-refractivity contribution in [2.24, 2.45) is 11.8 Å². The molecule has 3 nitrogen and oxygen atoms in total. The summed E-state index contributed by atoms with van der Waals surface area (Å²) >= 11 is 5.70. The van der Waals surface area contributed by atoms with Crippen LogP contribution < -0.4 is 5.32 Å². The summed E-state index contributed by atoms with van der Waals surface area (Å²) in [5.74, 6) is 0.444. The highest BCUT2D eigenvalue weighted by Gasteiger charge is 2.33. The van der Waals surface area contributed by atoms with Gasteiger partial charge in [0.05, 0.1) is 16.5 Å². The molecule has 0 radical (unpaired) electrons. The number of benzene rings is 1. The normalized spacial score (nSPS) is 22.3. The van der Waals surface area contributed by atoms with E-state index in [1.807, 2.05) is 13.0 Å². The van der Waals surface area contributed by atoms with Crippen molar-refractivity contribution in [2.75, 3.05) is 24.6 Å². The van der Waals surface area contributed by atoms with E-state index in [9.17, 15) is 12.8 Å². The van der Waals surface area contributed by atoms with Crippen molar-refractivity contribution in [3.8, 4) is 0 Å². The van der Waals surface area contributed by atoms with Crippen LogP contribution in [-0.4, -0.2) is 33.0 Å². The van der Waals surface area contributed by atoms with Crippen molar-refractivity contribution < 1.29 is 12.8 Å². The van der Waals surface area contributed by atoms with Crippen LogP contribution in [0.15, 0.2) is 18.2 Å². The number of hydrogen-bond donors (Lipinski definition) is 1. The molecule has 2 unspecified atom stereocenters. The van der Waals surface area contributed by atoms with Crippen LogP contribution in [0.5, 0.6) is 0 Å². The van der Waals surface area contributed by atoms with Gasteiger partial charge in [0, 0.05) is 0 Å². The number of sulfone groups is 1. The van der Waals surface area contributed by atoms with Crippen molar-refractivity contribution in [3.05, 3.63) is 34.6 Å². The molecule has 0 aliphatic carbocycles. The van der Waals surface area contributed by atoms with Gasteiger partial charge in [0.2, 0.25) is 0 Å². The van der Waals surface area contributed by atoms with Crippen LogP contribution >= 0.6 is 11.6 Å². The van der Waals surface area contributed by atoms with Gasteiger partial charge >= 0.3 is 0 Å². The van der Waals surface area contributed by atoms with Gasteiger partial charge in [-0.25, -0.2) is 12.8 Å². The van der Waals surface area contributed by atoms with Crippen LogP contribution in [-0.2, 0) is 16.3 Å². The fraction of sp³-hybridized carbons (Fsp3) is 0.600. The summed E-state index contributed by atoms with van der Waals surface area (Å²) in [6.07, 6.45) is 1.37. The van der Waals surface area contributed by atoms with E-state index in [1.54, 1.807) is 6.07 Å². The highest BCUT2D eigenvalue weighted by Crippen LogP contribution is 2.29. The molecule has 2 atom stereocenters. The van der Waals surface area contributed by atoms with Crippen molar-refractivity contribution in [2.45, 2.75) is 19.8 Å². The Balaban J connectivity index is 2.10. The molecule has 1 N–H and O–H groups in total. The molecular formula is C15H21ClFNO2S. The van der Waals surface area contributed by atoms with Gasteiger partial charge in [-0.15, -0.1) is 0 Å². The highest BCUT2D eigenvalue weighted by molar-refractivity contribution is 7.91. The predicted molar refractivity (Wildman–Crippen MR) is 83.9 cm³/mol. The second-order valence-electron chi connectivity index (χ2n) is 5.68. The van der Waals surface area contributed by atoms with Crippen molar-refractivity contribution in [1.82, 2.24) is 5.32 Å². The summed E-state index contributed by atoms with van der Waals surface area (Å²) < 4.78 is 36.9. The average molecular weight is 334 g/mol. The summed E-state index contributed by atoms with van der Waals surface area (Å²) in [5.41, 5.74) is 0.865. The molecule has 1 saturated heterocycles. The van der Waals surface area contributed by atoms with Gasteiger partial charge in [0.15, 0.2) is 9.84 Å². The zero-order valence-electron chi connectivity index (χ0n) is 12.1. The molecule has 1 aliphatic rings. The third-order valence-electron chi connectivity index (χ3n) is 4.07. The van der Waals surface area contributed by atoms with E-state index >= 15 is 0 Å². The molecule has 0 aromatic heterocycles. The zero-order chi connectivity index (χ0) is 15.5. The van der Waals surface area contributed by atoms with Crippen LogP contribution in [0.25, 0.3) is 0 Å². The Morgan fingerprint density at radius 2 is 2.24 bits per heavy atom. The maximum atomic E-state index is 13.5. The van der Waals surface area contributed by atoms with E-state index in [4.69, 9.17) is 11.6 Å². The van der Waals surface area contributed by atoms with Crippen molar-refractivity contribution in [3.63, 3.8) is 0 Å². The first-order chi connectivity index (χ1) is 9.91. The summed E-state index contributed by atoms with van der Waals surface area (Å²) in [7, 11) is -2.90. The first-order valence-corrected chi connectivity index (χ1v) is 9.46.